The predicted octanol–water partition coefficient (Wildman–Crippen LogP) is 2.94. The van der Waals surface area contributed by atoms with Crippen LogP contribution in [0, 0.1) is 0 Å². The minimum Gasteiger partial charge on any atom is -0.478 e. The van der Waals surface area contributed by atoms with Gasteiger partial charge >= 0.3 is 0 Å². The van der Waals surface area contributed by atoms with Crippen LogP contribution < -0.4 is 21.3 Å². The van der Waals surface area contributed by atoms with Crippen molar-refractivity contribution in [2.75, 3.05) is 40.0 Å². The van der Waals surface area contributed by atoms with Gasteiger partial charge in [-0.2, -0.15) is 4.98 Å². The Hall–Kier alpha value is -4.07. The molecule has 0 spiro atoms. The van der Waals surface area contributed by atoms with Gasteiger partial charge in [0.15, 0.2) is 5.65 Å². The molecule has 8 nitrogen and oxygen atoms in total. The molecule has 3 aromatic rings. The summed E-state index contributed by atoms with van der Waals surface area (Å²) in [6, 6.07) is 11.2. The number of fused-ring (bicyclic) bond motifs is 1. The third kappa shape index (κ3) is 4.19. The van der Waals surface area contributed by atoms with Crippen LogP contribution >= 0.6 is 0 Å². The van der Waals surface area contributed by atoms with Crippen LogP contribution in [0.5, 0.6) is 5.88 Å². The number of allylic oxidation sites excluding steroid dienone is 2. The normalized spacial score (nSPS) is 13.9. The molecule has 0 unspecified atom stereocenters. The lowest BCUT2D eigenvalue weighted by molar-refractivity contribution is 0.328. The summed E-state index contributed by atoms with van der Waals surface area (Å²) in [4.78, 5) is 24.7. The van der Waals surface area contributed by atoms with Gasteiger partial charge in [-0.15, -0.1) is 0 Å². The zero-order valence-electron chi connectivity index (χ0n) is 19.3. The summed E-state index contributed by atoms with van der Waals surface area (Å²) in [5.74, 6) is 1.45. The minimum absolute atomic E-state index is 0.159. The van der Waals surface area contributed by atoms with Crippen molar-refractivity contribution in [3.8, 4) is 17.0 Å². The first-order valence-electron chi connectivity index (χ1n) is 10.8. The molecule has 0 amide bonds. The monoisotopic (exact) mass is 444 g/mol. The summed E-state index contributed by atoms with van der Waals surface area (Å²) in [6.45, 7) is 2.94. The lowest BCUT2D eigenvalue weighted by Crippen LogP contribution is -2.34. The summed E-state index contributed by atoms with van der Waals surface area (Å²) in [5.41, 5.74) is 10.0. The second kappa shape index (κ2) is 9.20. The summed E-state index contributed by atoms with van der Waals surface area (Å²) < 4.78 is 7.29. The van der Waals surface area contributed by atoms with Gasteiger partial charge in [-0.1, -0.05) is 6.07 Å². The number of pyridine rings is 2. The van der Waals surface area contributed by atoms with Gasteiger partial charge in [0.1, 0.15) is 5.82 Å². The van der Waals surface area contributed by atoms with E-state index in [1.54, 1.807) is 23.9 Å². The van der Waals surface area contributed by atoms with E-state index in [4.69, 9.17) is 10.5 Å². The third-order valence-corrected chi connectivity index (χ3v) is 5.57. The fourth-order valence-corrected chi connectivity index (χ4v) is 3.96. The molecule has 0 saturated heterocycles. The molecule has 1 aromatic carbocycles. The van der Waals surface area contributed by atoms with Gasteiger partial charge in [-0.3, -0.25) is 14.4 Å². The summed E-state index contributed by atoms with van der Waals surface area (Å²) in [7, 11) is 5.54. The minimum atomic E-state index is -0.159. The average Bonchev–Trinajstić information content (AvgIpc) is 2.80. The molecule has 4 rings (SSSR count). The summed E-state index contributed by atoms with van der Waals surface area (Å²) in [5, 5.41) is 3.99. The van der Waals surface area contributed by atoms with Crippen LogP contribution in [0.15, 0.2) is 64.2 Å². The van der Waals surface area contributed by atoms with Crippen molar-refractivity contribution in [3.63, 3.8) is 0 Å². The number of nitrogens with zero attached hydrogens (tertiary/aromatic N) is 4. The molecule has 3 heterocycles. The molecular weight excluding hydrogens is 416 g/mol. The van der Waals surface area contributed by atoms with Crippen molar-refractivity contribution in [2.45, 2.75) is 6.92 Å². The summed E-state index contributed by atoms with van der Waals surface area (Å²) >= 11 is 0. The van der Waals surface area contributed by atoms with E-state index in [0.29, 0.717) is 35.9 Å². The first-order valence-corrected chi connectivity index (χ1v) is 10.8. The Morgan fingerprint density at radius 2 is 2.06 bits per heavy atom. The van der Waals surface area contributed by atoms with Crippen LogP contribution in [-0.2, 0) is 0 Å². The number of hydrogen-bond donors (Lipinski definition) is 2. The Bertz CT molecular complexity index is 1350. The van der Waals surface area contributed by atoms with Crippen LogP contribution in [0.25, 0.3) is 27.9 Å². The number of hydrogen-bond acceptors (Lipinski definition) is 7. The highest BCUT2D eigenvalue weighted by atomic mass is 16.5. The Morgan fingerprint density at radius 3 is 2.76 bits per heavy atom. The highest BCUT2D eigenvalue weighted by Crippen LogP contribution is 2.27. The maximum Gasteiger partial charge on any atom is 0.264 e. The van der Waals surface area contributed by atoms with Crippen LogP contribution in [0.2, 0.25) is 0 Å². The Kier molecular flexibility index (Phi) is 6.17. The largest absolute Gasteiger partial charge is 0.478 e. The van der Waals surface area contributed by atoms with Crippen LogP contribution in [-0.4, -0.2) is 55.0 Å². The molecule has 0 aliphatic carbocycles. The number of rotatable bonds is 6. The maximum absolute atomic E-state index is 13.9. The van der Waals surface area contributed by atoms with E-state index >= 15 is 0 Å². The summed E-state index contributed by atoms with van der Waals surface area (Å²) in [6.07, 6.45) is 5.59. The molecule has 1 aliphatic rings. The first-order chi connectivity index (χ1) is 16.0. The van der Waals surface area contributed by atoms with E-state index in [2.05, 4.69) is 15.3 Å². The number of aliphatic imine (C=N–C) groups is 1. The van der Waals surface area contributed by atoms with Gasteiger partial charge in [-0.25, -0.2) is 0 Å². The lowest BCUT2D eigenvalue weighted by atomic mass is 10.0. The zero-order valence-corrected chi connectivity index (χ0v) is 19.3. The standard InChI is InChI=1S/C25H28N6O2/c1-5-33-23-11-7-17-13-20(16-6-9-21(26)18(12-16)14-27-2)25(32)31(24(17)29-23)19-8-10-22(28-3)30(4)15-19/h6-14,28H,5,15,26H2,1-4H3. The number of anilines is 1. The van der Waals surface area contributed by atoms with E-state index in [1.165, 1.54) is 0 Å². The number of aromatic nitrogens is 2. The van der Waals surface area contributed by atoms with Gasteiger partial charge in [0.2, 0.25) is 5.88 Å². The number of nitrogens with one attached hydrogen (secondary N) is 1. The fraction of sp³-hybridized carbons (Fsp3) is 0.240. The van der Waals surface area contributed by atoms with Crippen molar-refractivity contribution in [3.05, 3.63) is 70.3 Å². The van der Waals surface area contributed by atoms with Crippen molar-refractivity contribution >= 4 is 28.6 Å². The molecule has 8 heteroatoms. The molecule has 0 atom stereocenters. The van der Waals surface area contributed by atoms with Gasteiger partial charge in [-0.05, 0) is 48.9 Å². The van der Waals surface area contributed by atoms with Crippen molar-refractivity contribution in [1.82, 2.24) is 19.8 Å². The van der Waals surface area contributed by atoms with Gasteiger partial charge in [0.05, 0.1) is 13.2 Å². The third-order valence-electron chi connectivity index (χ3n) is 5.57. The van der Waals surface area contributed by atoms with Crippen molar-refractivity contribution < 1.29 is 4.74 Å². The number of nitrogens with two attached hydrogens (primary N) is 1. The smallest absolute Gasteiger partial charge is 0.264 e. The Labute approximate surface area is 192 Å². The predicted molar refractivity (Wildman–Crippen MR) is 135 cm³/mol. The molecule has 0 radical (unpaired) electrons. The second-order valence-electron chi connectivity index (χ2n) is 7.74. The topological polar surface area (TPSA) is 97.8 Å². The van der Waals surface area contributed by atoms with E-state index < -0.39 is 0 Å². The second-order valence-corrected chi connectivity index (χ2v) is 7.74. The molecule has 2 aromatic heterocycles. The average molecular weight is 445 g/mol. The number of nitrogen functional groups attached to an aromatic ring is 1. The van der Waals surface area contributed by atoms with E-state index in [-0.39, 0.29) is 5.56 Å². The van der Waals surface area contributed by atoms with Crippen molar-refractivity contribution in [1.29, 1.82) is 0 Å². The van der Waals surface area contributed by atoms with Crippen LogP contribution in [0.3, 0.4) is 0 Å². The molecule has 3 N–H and O–H groups in total. The molecule has 0 fully saturated rings. The van der Waals surface area contributed by atoms with E-state index in [0.717, 1.165) is 28.0 Å². The fourth-order valence-electron chi connectivity index (χ4n) is 3.96. The van der Waals surface area contributed by atoms with Crippen LogP contribution in [0.4, 0.5) is 5.69 Å². The first kappa shape index (κ1) is 22.1. The Balaban J connectivity index is 2.00. The highest BCUT2D eigenvalue weighted by molar-refractivity contribution is 5.91. The number of benzene rings is 1. The zero-order chi connectivity index (χ0) is 23.5. The highest BCUT2D eigenvalue weighted by Gasteiger charge is 2.19. The van der Waals surface area contributed by atoms with E-state index in [9.17, 15) is 4.79 Å². The lowest BCUT2D eigenvalue weighted by Gasteiger charge is -2.28. The SMILES string of the molecule is CCOc1ccc2cc(-c3ccc(N)c(C=NC)c3)c(=O)n(C3=CC=C(NC)N(C)C3)c2n1. The molecule has 0 saturated carbocycles. The Morgan fingerprint density at radius 1 is 1.24 bits per heavy atom. The number of likely N-dealkylation sites (N-methyl/N-ethyl adjacent to an activating group) is 1. The molecular formula is C25H28N6O2. The quantitative estimate of drug-likeness (QED) is 0.448. The molecule has 1 aliphatic heterocycles. The molecule has 0 bridgehead atoms. The molecule has 33 heavy (non-hydrogen) atoms. The van der Waals surface area contributed by atoms with E-state index in [1.807, 2.05) is 68.4 Å². The van der Waals surface area contributed by atoms with Crippen LogP contribution in [0.1, 0.15) is 12.5 Å². The van der Waals surface area contributed by atoms with Gasteiger partial charge in [0.25, 0.3) is 5.56 Å². The van der Waals surface area contributed by atoms with Crippen molar-refractivity contribution in [2.24, 2.45) is 4.99 Å². The number of ether oxygens (including phenoxy) is 1. The van der Waals surface area contributed by atoms with Gasteiger partial charge < -0.3 is 20.7 Å². The maximum atomic E-state index is 13.9. The molecule has 170 valence electrons. The van der Waals surface area contributed by atoms with Gasteiger partial charge in [0, 0.05) is 61.3 Å².